The SMILES string of the molecule is C=CCCC(C)(C)CC(C)(C)CC1CCCC1=O. The van der Waals surface area contributed by atoms with Crippen LogP contribution in [0.4, 0.5) is 0 Å². The van der Waals surface area contributed by atoms with Gasteiger partial charge >= 0.3 is 0 Å². The van der Waals surface area contributed by atoms with Crippen LogP contribution >= 0.6 is 0 Å². The Balaban J connectivity index is 2.52. The monoisotopic (exact) mass is 250 g/mol. The molecule has 1 fully saturated rings. The first-order valence-corrected chi connectivity index (χ1v) is 7.39. The maximum absolute atomic E-state index is 11.8. The predicted octanol–water partition coefficient (Wildman–Crippen LogP) is 5.15. The van der Waals surface area contributed by atoms with Crippen molar-refractivity contribution in [1.29, 1.82) is 0 Å². The molecule has 0 aliphatic heterocycles. The lowest BCUT2D eigenvalue weighted by molar-refractivity contribution is -0.121. The van der Waals surface area contributed by atoms with Gasteiger partial charge in [-0.05, 0) is 49.4 Å². The van der Waals surface area contributed by atoms with Gasteiger partial charge in [0.05, 0.1) is 0 Å². The minimum atomic E-state index is 0.273. The molecule has 1 heteroatoms. The number of rotatable bonds is 7. The molecule has 1 aliphatic carbocycles. The lowest BCUT2D eigenvalue weighted by Crippen LogP contribution is -2.26. The van der Waals surface area contributed by atoms with E-state index in [1.165, 1.54) is 12.8 Å². The Bertz CT molecular complexity index is 299. The van der Waals surface area contributed by atoms with Crippen LogP contribution in [0, 0.1) is 16.7 Å². The average molecular weight is 250 g/mol. The second-order valence-electron chi connectivity index (χ2n) is 7.59. The minimum Gasteiger partial charge on any atom is -0.299 e. The van der Waals surface area contributed by atoms with Gasteiger partial charge in [-0.1, -0.05) is 33.8 Å². The van der Waals surface area contributed by atoms with Crippen molar-refractivity contribution in [3.05, 3.63) is 12.7 Å². The van der Waals surface area contributed by atoms with Gasteiger partial charge in [0.1, 0.15) is 5.78 Å². The second kappa shape index (κ2) is 6.04. The maximum Gasteiger partial charge on any atom is 0.135 e. The average Bonchev–Trinajstić information content (AvgIpc) is 2.59. The zero-order valence-electron chi connectivity index (χ0n) is 12.7. The number of hydrogen-bond donors (Lipinski definition) is 0. The van der Waals surface area contributed by atoms with Crippen LogP contribution in [0.2, 0.25) is 0 Å². The molecule has 0 radical (unpaired) electrons. The van der Waals surface area contributed by atoms with Gasteiger partial charge in [-0.2, -0.15) is 0 Å². The summed E-state index contributed by atoms with van der Waals surface area (Å²) in [4.78, 5) is 11.8. The van der Waals surface area contributed by atoms with Crippen LogP contribution in [0.25, 0.3) is 0 Å². The van der Waals surface area contributed by atoms with Crippen LogP contribution in [-0.4, -0.2) is 5.78 Å². The van der Waals surface area contributed by atoms with E-state index in [0.29, 0.717) is 17.1 Å². The molecule has 0 aromatic heterocycles. The molecule has 1 saturated carbocycles. The van der Waals surface area contributed by atoms with Crippen molar-refractivity contribution in [3.63, 3.8) is 0 Å². The standard InChI is InChI=1S/C17H30O/c1-6-7-11-16(2,3)13-17(4,5)12-14-9-8-10-15(14)18/h6,14H,1,7-13H2,2-5H3. The van der Waals surface area contributed by atoms with Crippen molar-refractivity contribution in [2.24, 2.45) is 16.7 Å². The number of Topliss-reactive ketones (excluding diaryl/α,β-unsaturated/α-hetero) is 1. The highest BCUT2D eigenvalue weighted by Gasteiger charge is 2.34. The first-order chi connectivity index (χ1) is 8.26. The van der Waals surface area contributed by atoms with E-state index < -0.39 is 0 Å². The van der Waals surface area contributed by atoms with Gasteiger partial charge in [0.15, 0.2) is 0 Å². The van der Waals surface area contributed by atoms with Crippen molar-refractivity contribution in [2.75, 3.05) is 0 Å². The molecular formula is C17H30O. The molecule has 104 valence electrons. The summed E-state index contributed by atoms with van der Waals surface area (Å²) < 4.78 is 0. The van der Waals surface area contributed by atoms with Gasteiger partial charge in [0.25, 0.3) is 0 Å². The van der Waals surface area contributed by atoms with Crippen LogP contribution in [0.3, 0.4) is 0 Å². The Kier molecular flexibility index (Phi) is 5.19. The molecule has 1 atom stereocenters. The smallest absolute Gasteiger partial charge is 0.135 e. The minimum absolute atomic E-state index is 0.273. The van der Waals surface area contributed by atoms with Crippen LogP contribution in [0.5, 0.6) is 0 Å². The van der Waals surface area contributed by atoms with Crippen LogP contribution in [0.15, 0.2) is 12.7 Å². The molecule has 1 rings (SSSR count). The predicted molar refractivity (Wildman–Crippen MR) is 78.6 cm³/mol. The van der Waals surface area contributed by atoms with Gasteiger partial charge in [-0.15, -0.1) is 6.58 Å². The zero-order chi connectivity index (χ0) is 13.8. The van der Waals surface area contributed by atoms with E-state index >= 15 is 0 Å². The number of carbonyl (C=O) groups excluding carboxylic acids is 1. The fourth-order valence-electron chi connectivity index (χ4n) is 3.72. The van der Waals surface area contributed by atoms with E-state index in [1.807, 2.05) is 6.08 Å². The molecule has 1 aliphatic rings. The largest absolute Gasteiger partial charge is 0.299 e. The summed E-state index contributed by atoms with van der Waals surface area (Å²) in [5.41, 5.74) is 0.620. The molecule has 18 heavy (non-hydrogen) atoms. The van der Waals surface area contributed by atoms with E-state index in [0.717, 1.165) is 32.1 Å². The van der Waals surface area contributed by atoms with Crippen molar-refractivity contribution in [3.8, 4) is 0 Å². The van der Waals surface area contributed by atoms with Gasteiger partial charge in [-0.3, -0.25) is 4.79 Å². The van der Waals surface area contributed by atoms with E-state index in [9.17, 15) is 4.79 Å². The van der Waals surface area contributed by atoms with Crippen LogP contribution in [-0.2, 0) is 4.79 Å². The number of allylic oxidation sites excluding steroid dienone is 1. The number of carbonyl (C=O) groups is 1. The molecule has 0 heterocycles. The summed E-state index contributed by atoms with van der Waals surface area (Å²) in [5, 5.41) is 0. The fourth-order valence-corrected chi connectivity index (χ4v) is 3.72. The Morgan fingerprint density at radius 2 is 1.94 bits per heavy atom. The maximum atomic E-state index is 11.8. The van der Waals surface area contributed by atoms with Gasteiger partial charge in [0.2, 0.25) is 0 Å². The number of hydrogen-bond acceptors (Lipinski definition) is 1. The number of ketones is 1. The lowest BCUT2D eigenvalue weighted by Gasteiger charge is -2.36. The Labute approximate surface area is 113 Å². The molecule has 0 aromatic rings. The van der Waals surface area contributed by atoms with Crippen molar-refractivity contribution >= 4 is 5.78 Å². The quantitative estimate of drug-likeness (QED) is 0.571. The summed E-state index contributed by atoms with van der Waals surface area (Å²) in [6.45, 7) is 13.1. The molecular weight excluding hydrogens is 220 g/mol. The molecule has 0 amide bonds. The molecule has 0 bridgehead atoms. The normalized spacial score (nSPS) is 21.3. The molecule has 0 aromatic carbocycles. The lowest BCUT2D eigenvalue weighted by atomic mass is 9.69. The highest BCUT2D eigenvalue weighted by atomic mass is 16.1. The van der Waals surface area contributed by atoms with Gasteiger partial charge in [-0.25, -0.2) is 0 Å². The molecule has 0 spiro atoms. The van der Waals surface area contributed by atoms with Gasteiger partial charge < -0.3 is 0 Å². The van der Waals surface area contributed by atoms with Gasteiger partial charge in [0, 0.05) is 12.3 Å². The van der Waals surface area contributed by atoms with Crippen LogP contribution < -0.4 is 0 Å². The molecule has 1 nitrogen and oxygen atoms in total. The summed E-state index contributed by atoms with van der Waals surface area (Å²) in [7, 11) is 0. The second-order valence-corrected chi connectivity index (χ2v) is 7.59. The Morgan fingerprint density at radius 1 is 1.28 bits per heavy atom. The van der Waals surface area contributed by atoms with E-state index in [1.54, 1.807) is 0 Å². The summed E-state index contributed by atoms with van der Waals surface area (Å²) in [5.74, 6) is 0.849. The Hall–Kier alpha value is -0.590. The summed E-state index contributed by atoms with van der Waals surface area (Å²) >= 11 is 0. The third-order valence-electron chi connectivity index (χ3n) is 4.21. The third-order valence-corrected chi connectivity index (χ3v) is 4.21. The fraction of sp³-hybridized carbons (Fsp3) is 0.824. The Morgan fingerprint density at radius 3 is 2.44 bits per heavy atom. The molecule has 1 unspecified atom stereocenters. The first-order valence-electron chi connectivity index (χ1n) is 7.39. The highest BCUT2D eigenvalue weighted by Crippen LogP contribution is 2.42. The van der Waals surface area contributed by atoms with Crippen molar-refractivity contribution in [2.45, 2.75) is 72.6 Å². The third kappa shape index (κ3) is 4.96. The highest BCUT2D eigenvalue weighted by molar-refractivity contribution is 5.82. The van der Waals surface area contributed by atoms with Crippen LogP contribution in [0.1, 0.15) is 72.6 Å². The van der Waals surface area contributed by atoms with Crippen molar-refractivity contribution in [1.82, 2.24) is 0 Å². The summed E-state index contributed by atoms with van der Waals surface area (Å²) in [6, 6.07) is 0. The first kappa shape index (κ1) is 15.5. The molecule has 0 N–H and O–H groups in total. The molecule has 0 saturated heterocycles. The van der Waals surface area contributed by atoms with E-state index in [-0.39, 0.29) is 5.41 Å². The van der Waals surface area contributed by atoms with E-state index in [2.05, 4.69) is 34.3 Å². The van der Waals surface area contributed by atoms with Crippen molar-refractivity contribution < 1.29 is 4.79 Å². The summed E-state index contributed by atoms with van der Waals surface area (Å²) in [6.07, 6.45) is 9.61. The van der Waals surface area contributed by atoms with E-state index in [4.69, 9.17) is 0 Å². The topological polar surface area (TPSA) is 17.1 Å². The zero-order valence-corrected chi connectivity index (χ0v) is 12.7.